The maximum atomic E-state index is 2.45. The predicted molar refractivity (Wildman–Crippen MR) is 79.9 cm³/mol. The summed E-state index contributed by atoms with van der Waals surface area (Å²) in [6, 6.07) is 1.29. The number of nitrogens with zero attached hydrogens (tertiary/aromatic N) is 2. The molecule has 4 heteroatoms. The largest absolute Gasteiger partial charge is 0.248 e. The van der Waals surface area contributed by atoms with Crippen molar-refractivity contribution in [1.29, 1.82) is 0 Å². The van der Waals surface area contributed by atoms with Crippen molar-refractivity contribution in [3.8, 4) is 0 Å². The molecule has 0 aliphatic heterocycles. The summed E-state index contributed by atoms with van der Waals surface area (Å²) in [6.07, 6.45) is 0. The molecule has 0 rings (SSSR count). The summed E-state index contributed by atoms with van der Waals surface area (Å²) in [5.41, 5.74) is 0. The third kappa shape index (κ3) is 7.05. The zero-order valence-corrected chi connectivity index (χ0v) is 13.3. The van der Waals surface area contributed by atoms with E-state index < -0.39 is 0 Å². The average molecular weight is 265 g/mol. The molecule has 0 aromatic carbocycles. The lowest BCUT2D eigenvalue weighted by Crippen LogP contribution is -2.26. The Morgan fingerprint density at radius 2 is 1.06 bits per heavy atom. The lowest BCUT2D eigenvalue weighted by Gasteiger charge is -2.25. The van der Waals surface area contributed by atoms with E-state index in [1.807, 2.05) is 23.9 Å². The molecule has 16 heavy (non-hydrogen) atoms. The Bertz CT molecular complexity index is 145. The lowest BCUT2D eigenvalue weighted by molar-refractivity contribution is 0.413. The maximum Gasteiger partial charge on any atom is 0.0185 e. The zero-order chi connectivity index (χ0) is 12.6. The first kappa shape index (κ1) is 16.6. The Morgan fingerprint density at radius 3 is 1.25 bits per heavy atom. The third-order valence-electron chi connectivity index (χ3n) is 2.37. The quantitative estimate of drug-likeness (QED) is 0.462. The Morgan fingerprint density at radius 1 is 0.750 bits per heavy atom. The standard InChI is InChI=1S/C12H28N2S2/c1-7-13(11(3)4)15-9-10-16-14(8-2)12(5)6/h11-12H,7-10H2,1-6H3. The van der Waals surface area contributed by atoms with Gasteiger partial charge in [-0.3, -0.25) is 0 Å². The molecule has 0 amide bonds. The number of hydrogen-bond donors (Lipinski definition) is 0. The molecular formula is C12H28N2S2. The van der Waals surface area contributed by atoms with Crippen molar-refractivity contribution in [2.75, 3.05) is 24.6 Å². The van der Waals surface area contributed by atoms with Gasteiger partial charge in [-0.05, 0) is 27.7 Å². The van der Waals surface area contributed by atoms with Gasteiger partial charge >= 0.3 is 0 Å². The number of rotatable bonds is 9. The van der Waals surface area contributed by atoms with E-state index in [-0.39, 0.29) is 0 Å². The molecule has 0 aromatic rings. The first-order chi connectivity index (χ1) is 7.52. The smallest absolute Gasteiger partial charge is 0.0185 e. The SMILES string of the molecule is CCN(SCCSN(CC)C(C)C)C(C)C. The van der Waals surface area contributed by atoms with Crippen LogP contribution in [-0.4, -0.2) is 45.3 Å². The Kier molecular flexibility index (Phi) is 10.0. The first-order valence-electron chi connectivity index (χ1n) is 6.31. The highest BCUT2D eigenvalue weighted by Gasteiger charge is 2.09. The molecule has 0 saturated carbocycles. The molecule has 0 heterocycles. The fourth-order valence-corrected chi connectivity index (χ4v) is 3.55. The summed E-state index contributed by atoms with van der Waals surface area (Å²) < 4.78 is 4.90. The second-order valence-corrected chi connectivity index (χ2v) is 6.59. The van der Waals surface area contributed by atoms with E-state index in [9.17, 15) is 0 Å². The summed E-state index contributed by atoms with van der Waals surface area (Å²) in [7, 11) is 0. The molecule has 0 bridgehead atoms. The molecule has 2 nitrogen and oxygen atoms in total. The van der Waals surface area contributed by atoms with Crippen LogP contribution in [0.25, 0.3) is 0 Å². The van der Waals surface area contributed by atoms with Gasteiger partial charge in [0.2, 0.25) is 0 Å². The molecule has 0 spiro atoms. The Balaban J connectivity index is 3.65. The Hall–Kier alpha value is 0.620. The van der Waals surface area contributed by atoms with Crippen molar-refractivity contribution in [2.24, 2.45) is 0 Å². The summed E-state index contributed by atoms with van der Waals surface area (Å²) >= 11 is 3.96. The van der Waals surface area contributed by atoms with E-state index in [0.29, 0.717) is 12.1 Å². The van der Waals surface area contributed by atoms with Crippen LogP contribution in [0, 0.1) is 0 Å². The van der Waals surface area contributed by atoms with Crippen molar-refractivity contribution in [3.63, 3.8) is 0 Å². The molecule has 0 fully saturated rings. The summed E-state index contributed by atoms with van der Waals surface area (Å²) in [5.74, 6) is 2.42. The molecule has 0 radical (unpaired) electrons. The molecule has 0 saturated heterocycles. The van der Waals surface area contributed by atoms with Crippen LogP contribution >= 0.6 is 23.9 Å². The predicted octanol–water partition coefficient (Wildman–Crippen LogP) is 3.74. The van der Waals surface area contributed by atoms with Crippen molar-refractivity contribution < 1.29 is 0 Å². The van der Waals surface area contributed by atoms with Crippen molar-refractivity contribution >= 4 is 23.9 Å². The van der Waals surface area contributed by atoms with Gasteiger partial charge < -0.3 is 0 Å². The third-order valence-corrected chi connectivity index (χ3v) is 5.43. The lowest BCUT2D eigenvalue weighted by atomic mass is 10.4. The van der Waals surface area contributed by atoms with Crippen molar-refractivity contribution in [2.45, 2.75) is 53.6 Å². The van der Waals surface area contributed by atoms with Gasteiger partial charge in [0.15, 0.2) is 0 Å². The van der Waals surface area contributed by atoms with Gasteiger partial charge in [-0.15, -0.1) is 0 Å². The van der Waals surface area contributed by atoms with Crippen LogP contribution in [0.4, 0.5) is 0 Å². The summed E-state index contributed by atoms with van der Waals surface area (Å²) in [6.45, 7) is 15.8. The van der Waals surface area contributed by atoms with Gasteiger partial charge in [0.1, 0.15) is 0 Å². The number of hydrogen-bond acceptors (Lipinski definition) is 4. The zero-order valence-electron chi connectivity index (χ0n) is 11.7. The van der Waals surface area contributed by atoms with Crippen LogP contribution in [0.3, 0.4) is 0 Å². The van der Waals surface area contributed by atoms with E-state index in [4.69, 9.17) is 0 Å². The van der Waals surface area contributed by atoms with Crippen LogP contribution in [0.15, 0.2) is 0 Å². The summed E-state index contributed by atoms with van der Waals surface area (Å²) in [4.78, 5) is 0. The van der Waals surface area contributed by atoms with Crippen LogP contribution < -0.4 is 0 Å². The minimum absolute atomic E-state index is 0.646. The first-order valence-corrected chi connectivity index (χ1v) is 8.20. The highest BCUT2D eigenvalue weighted by molar-refractivity contribution is 8.00. The van der Waals surface area contributed by atoms with Gasteiger partial charge in [0, 0.05) is 36.7 Å². The van der Waals surface area contributed by atoms with E-state index in [0.717, 1.165) is 13.1 Å². The van der Waals surface area contributed by atoms with Crippen LogP contribution in [0.1, 0.15) is 41.5 Å². The minimum atomic E-state index is 0.646. The summed E-state index contributed by atoms with van der Waals surface area (Å²) in [5, 5.41) is 0. The molecule has 0 aliphatic rings. The van der Waals surface area contributed by atoms with Gasteiger partial charge in [-0.1, -0.05) is 37.7 Å². The Labute approximate surface area is 111 Å². The van der Waals surface area contributed by atoms with Crippen LogP contribution in [-0.2, 0) is 0 Å². The van der Waals surface area contributed by atoms with Crippen LogP contribution in [0.5, 0.6) is 0 Å². The van der Waals surface area contributed by atoms with E-state index in [1.54, 1.807) is 0 Å². The highest BCUT2D eigenvalue weighted by atomic mass is 32.2. The molecule has 0 unspecified atom stereocenters. The van der Waals surface area contributed by atoms with Crippen molar-refractivity contribution in [3.05, 3.63) is 0 Å². The fraction of sp³-hybridized carbons (Fsp3) is 1.00. The highest BCUT2D eigenvalue weighted by Crippen LogP contribution is 2.19. The van der Waals surface area contributed by atoms with Gasteiger partial charge in [-0.25, -0.2) is 8.61 Å². The second-order valence-electron chi connectivity index (χ2n) is 4.32. The fourth-order valence-electron chi connectivity index (χ4n) is 1.52. The molecule has 0 aliphatic carbocycles. The van der Waals surface area contributed by atoms with Gasteiger partial charge in [-0.2, -0.15) is 0 Å². The molecule has 98 valence electrons. The van der Waals surface area contributed by atoms with E-state index in [1.165, 1.54) is 11.5 Å². The normalized spacial score (nSPS) is 12.4. The van der Waals surface area contributed by atoms with Crippen LogP contribution in [0.2, 0.25) is 0 Å². The van der Waals surface area contributed by atoms with E-state index in [2.05, 4.69) is 50.2 Å². The monoisotopic (exact) mass is 264 g/mol. The second kappa shape index (κ2) is 9.63. The molecular weight excluding hydrogens is 236 g/mol. The molecule has 0 N–H and O–H groups in total. The van der Waals surface area contributed by atoms with Gasteiger partial charge in [0.25, 0.3) is 0 Å². The average Bonchev–Trinajstić information content (AvgIpc) is 2.22. The minimum Gasteiger partial charge on any atom is -0.248 e. The van der Waals surface area contributed by atoms with E-state index >= 15 is 0 Å². The van der Waals surface area contributed by atoms with Crippen molar-refractivity contribution in [1.82, 2.24) is 8.61 Å². The topological polar surface area (TPSA) is 6.48 Å². The van der Waals surface area contributed by atoms with Gasteiger partial charge in [0.05, 0.1) is 0 Å². The molecule has 0 aromatic heterocycles. The maximum absolute atomic E-state index is 2.45. The molecule has 0 atom stereocenters.